The van der Waals surface area contributed by atoms with Crippen molar-refractivity contribution in [3.05, 3.63) is 34.5 Å². The highest BCUT2D eigenvalue weighted by Gasteiger charge is 2.11. The number of rotatable bonds is 6. The average molecular weight is 298 g/mol. The fraction of sp³-hybridized carbons (Fsp3) is 0.462. The molecule has 1 aromatic heterocycles. The summed E-state index contributed by atoms with van der Waals surface area (Å²) in [6, 6.07) is 2.11. The van der Waals surface area contributed by atoms with Gasteiger partial charge in [0.1, 0.15) is 5.82 Å². The van der Waals surface area contributed by atoms with E-state index < -0.39 is 0 Å². The minimum absolute atomic E-state index is 0.814. The fourth-order valence-corrected chi connectivity index (χ4v) is 2.12. The van der Waals surface area contributed by atoms with Gasteiger partial charge in [0.25, 0.3) is 0 Å². The Bertz CT molecular complexity index is 390. The monoisotopic (exact) mass is 297 g/mol. The molecular formula is C13H20BrN3. The van der Waals surface area contributed by atoms with Gasteiger partial charge in [-0.2, -0.15) is 0 Å². The molecule has 0 aliphatic rings. The smallest absolute Gasteiger partial charge is 0.133 e. The predicted molar refractivity (Wildman–Crippen MR) is 77.4 cm³/mol. The Balaban J connectivity index is 3.04. The van der Waals surface area contributed by atoms with Crippen molar-refractivity contribution >= 4 is 21.7 Å². The molecule has 0 aliphatic carbocycles. The second-order valence-electron chi connectivity index (χ2n) is 4.14. The number of pyridine rings is 1. The second-order valence-corrected chi connectivity index (χ2v) is 5.05. The van der Waals surface area contributed by atoms with Gasteiger partial charge < -0.3 is 10.2 Å². The molecule has 1 heterocycles. The lowest BCUT2D eigenvalue weighted by molar-refractivity contribution is 0.786. The van der Waals surface area contributed by atoms with Gasteiger partial charge in [-0.15, -0.1) is 0 Å². The van der Waals surface area contributed by atoms with E-state index in [4.69, 9.17) is 0 Å². The summed E-state index contributed by atoms with van der Waals surface area (Å²) in [5.74, 6) is 1.04. The minimum atomic E-state index is 0.814. The van der Waals surface area contributed by atoms with Gasteiger partial charge >= 0.3 is 0 Å². The molecule has 0 bridgehead atoms. The number of nitrogens with zero attached hydrogens (tertiary/aromatic N) is 2. The molecule has 0 fully saturated rings. The van der Waals surface area contributed by atoms with Gasteiger partial charge in [0.2, 0.25) is 0 Å². The molecule has 0 saturated heterocycles. The van der Waals surface area contributed by atoms with E-state index in [1.807, 2.05) is 20.2 Å². The number of likely N-dealkylation sites (N-methyl/N-ethyl adjacent to an activating group) is 1. The summed E-state index contributed by atoms with van der Waals surface area (Å²) in [4.78, 5) is 6.76. The number of halogens is 1. The number of hydrogen-bond acceptors (Lipinski definition) is 3. The molecule has 1 rings (SSSR count). The van der Waals surface area contributed by atoms with E-state index in [-0.39, 0.29) is 0 Å². The Hall–Kier alpha value is -0.870. The Labute approximate surface area is 112 Å². The maximum atomic E-state index is 4.52. The lowest BCUT2D eigenvalue weighted by Crippen LogP contribution is -2.27. The Morgan fingerprint density at radius 2 is 2.29 bits per heavy atom. The molecule has 1 aromatic rings. The van der Waals surface area contributed by atoms with E-state index >= 15 is 0 Å². The SMILES string of the molecule is C=C(C)CN(CC)c1ncc(Br)cc1CNC. The van der Waals surface area contributed by atoms with Crippen molar-refractivity contribution in [3.8, 4) is 0 Å². The molecule has 0 unspecified atom stereocenters. The van der Waals surface area contributed by atoms with E-state index in [2.05, 4.69) is 50.7 Å². The summed E-state index contributed by atoms with van der Waals surface area (Å²) >= 11 is 3.46. The second kappa shape index (κ2) is 6.77. The highest BCUT2D eigenvalue weighted by molar-refractivity contribution is 9.10. The van der Waals surface area contributed by atoms with E-state index in [0.717, 1.165) is 35.5 Å². The van der Waals surface area contributed by atoms with E-state index in [1.54, 1.807) is 0 Å². The molecule has 0 aromatic carbocycles. The van der Waals surface area contributed by atoms with Gasteiger partial charge in [-0.1, -0.05) is 12.2 Å². The Morgan fingerprint density at radius 3 is 2.82 bits per heavy atom. The molecular weight excluding hydrogens is 278 g/mol. The minimum Gasteiger partial charge on any atom is -0.353 e. The summed E-state index contributed by atoms with van der Waals surface area (Å²) in [5, 5.41) is 3.17. The first-order chi connectivity index (χ1) is 8.08. The lowest BCUT2D eigenvalue weighted by Gasteiger charge is -2.24. The van der Waals surface area contributed by atoms with Crippen molar-refractivity contribution in [2.45, 2.75) is 20.4 Å². The maximum absolute atomic E-state index is 4.52. The zero-order valence-electron chi connectivity index (χ0n) is 10.8. The quantitative estimate of drug-likeness (QED) is 0.818. The van der Waals surface area contributed by atoms with Crippen LogP contribution in [0.25, 0.3) is 0 Å². The molecule has 94 valence electrons. The van der Waals surface area contributed by atoms with Crippen LogP contribution in [0, 0.1) is 0 Å². The molecule has 1 N–H and O–H groups in total. The van der Waals surface area contributed by atoms with E-state index in [1.165, 1.54) is 5.56 Å². The summed E-state index contributed by atoms with van der Waals surface area (Å²) in [6.07, 6.45) is 1.84. The third-order valence-electron chi connectivity index (χ3n) is 2.42. The van der Waals surface area contributed by atoms with Crippen LogP contribution >= 0.6 is 15.9 Å². The summed E-state index contributed by atoms with van der Waals surface area (Å²) in [5.41, 5.74) is 2.34. The van der Waals surface area contributed by atoms with Crippen LogP contribution in [-0.2, 0) is 6.54 Å². The molecule has 3 nitrogen and oxygen atoms in total. The Kier molecular flexibility index (Phi) is 5.65. The molecule has 0 amide bonds. The van der Waals surface area contributed by atoms with Crippen LogP contribution in [0.3, 0.4) is 0 Å². The van der Waals surface area contributed by atoms with Crippen LogP contribution in [-0.4, -0.2) is 25.1 Å². The third kappa shape index (κ3) is 4.13. The summed E-state index contributed by atoms with van der Waals surface area (Å²) in [6.45, 7) is 10.7. The lowest BCUT2D eigenvalue weighted by atomic mass is 10.2. The topological polar surface area (TPSA) is 28.2 Å². The van der Waals surface area contributed by atoms with Crippen molar-refractivity contribution < 1.29 is 0 Å². The number of aromatic nitrogens is 1. The first-order valence-corrected chi connectivity index (χ1v) is 6.56. The summed E-state index contributed by atoms with van der Waals surface area (Å²) < 4.78 is 1.01. The van der Waals surface area contributed by atoms with Gasteiger partial charge in [0.15, 0.2) is 0 Å². The molecule has 17 heavy (non-hydrogen) atoms. The third-order valence-corrected chi connectivity index (χ3v) is 2.85. The maximum Gasteiger partial charge on any atom is 0.133 e. The van der Waals surface area contributed by atoms with Crippen molar-refractivity contribution in [1.82, 2.24) is 10.3 Å². The zero-order valence-corrected chi connectivity index (χ0v) is 12.3. The number of hydrogen-bond donors (Lipinski definition) is 1. The molecule has 0 aliphatic heterocycles. The summed E-state index contributed by atoms with van der Waals surface area (Å²) in [7, 11) is 1.94. The van der Waals surface area contributed by atoms with Crippen LogP contribution in [0.15, 0.2) is 28.9 Å². The van der Waals surface area contributed by atoms with Crippen LogP contribution in [0.1, 0.15) is 19.4 Å². The Morgan fingerprint density at radius 1 is 1.59 bits per heavy atom. The van der Waals surface area contributed by atoms with Gasteiger partial charge in [0.05, 0.1) is 0 Å². The highest BCUT2D eigenvalue weighted by atomic mass is 79.9. The molecule has 0 radical (unpaired) electrons. The molecule has 4 heteroatoms. The van der Waals surface area contributed by atoms with Crippen molar-refractivity contribution in [3.63, 3.8) is 0 Å². The van der Waals surface area contributed by atoms with Crippen LogP contribution in [0.4, 0.5) is 5.82 Å². The highest BCUT2D eigenvalue weighted by Crippen LogP contribution is 2.22. The average Bonchev–Trinajstić information content (AvgIpc) is 2.27. The predicted octanol–water partition coefficient (Wildman–Crippen LogP) is 2.97. The van der Waals surface area contributed by atoms with Crippen molar-refractivity contribution in [2.75, 3.05) is 25.0 Å². The van der Waals surface area contributed by atoms with Crippen LogP contribution < -0.4 is 10.2 Å². The molecule has 0 atom stereocenters. The van der Waals surface area contributed by atoms with E-state index in [9.17, 15) is 0 Å². The van der Waals surface area contributed by atoms with Crippen molar-refractivity contribution in [1.29, 1.82) is 0 Å². The first-order valence-electron chi connectivity index (χ1n) is 5.76. The van der Waals surface area contributed by atoms with Gasteiger partial charge in [-0.3, -0.25) is 0 Å². The molecule has 0 saturated carbocycles. The first kappa shape index (κ1) is 14.2. The standard InChI is InChI=1S/C13H20BrN3/c1-5-17(9-10(2)3)13-11(7-15-4)6-12(14)8-16-13/h6,8,15H,2,5,7,9H2,1,3-4H3. The van der Waals surface area contributed by atoms with Gasteiger partial charge in [0, 0.05) is 35.9 Å². The molecule has 0 spiro atoms. The van der Waals surface area contributed by atoms with Crippen LogP contribution in [0.5, 0.6) is 0 Å². The fourth-order valence-electron chi connectivity index (χ4n) is 1.74. The largest absolute Gasteiger partial charge is 0.353 e. The normalized spacial score (nSPS) is 10.4. The van der Waals surface area contributed by atoms with Gasteiger partial charge in [-0.05, 0) is 42.9 Å². The zero-order chi connectivity index (χ0) is 12.8. The number of anilines is 1. The van der Waals surface area contributed by atoms with E-state index in [0.29, 0.717) is 0 Å². The van der Waals surface area contributed by atoms with Crippen molar-refractivity contribution in [2.24, 2.45) is 0 Å². The number of nitrogens with one attached hydrogen (secondary N) is 1. The van der Waals surface area contributed by atoms with Gasteiger partial charge in [-0.25, -0.2) is 4.98 Å². The van der Waals surface area contributed by atoms with Crippen LogP contribution in [0.2, 0.25) is 0 Å².